The van der Waals surface area contributed by atoms with Crippen LogP contribution in [0.1, 0.15) is 16.7 Å². The summed E-state index contributed by atoms with van der Waals surface area (Å²) in [5, 5.41) is 2.53. The lowest BCUT2D eigenvalue weighted by Gasteiger charge is -2.06. The Morgan fingerprint density at radius 1 is 1.42 bits per heavy atom. The van der Waals surface area contributed by atoms with Crippen LogP contribution in [0, 0.1) is 13.8 Å². The average molecular weight is 162 g/mol. The number of aryl methyl sites for hydroxylation is 1. The van der Waals surface area contributed by atoms with Crippen LogP contribution in [-0.2, 0) is 11.3 Å². The fourth-order valence-corrected chi connectivity index (χ4v) is 1.13. The Balaban J connectivity index is 2.84. The highest BCUT2D eigenvalue weighted by Gasteiger charge is 1.98. The Kier molecular flexibility index (Phi) is 2.86. The van der Waals surface area contributed by atoms with Crippen molar-refractivity contribution in [2.45, 2.75) is 20.4 Å². The van der Waals surface area contributed by atoms with E-state index in [1.165, 1.54) is 11.1 Å². The third kappa shape index (κ3) is 1.84. The molecule has 2 heteroatoms. The molecule has 0 saturated heterocycles. The molecule has 2 nitrogen and oxygen atoms in total. The Morgan fingerprint density at radius 2 is 2.17 bits per heavy atom. The fourth-order valence-electron chi connectivity index (χ4n) is 1.13. The van der Waals surface area contributed by atoms with Gasteiger partial charge in [-0.1, -0.05) is 18.2 Å². The summed E-state index contributed by atoms with van der Waals surface area (Å²) in [6.07, 6.45) is 1.66. The second kappa shape index (κ2) is 3.90. The van der Waals surface area contributed by atoms with Crippen molar-refractivity contribution in [2.24, 2.45) is 0 Å². The van der Waals surface area contributed by atoms with Gasteiger partial charge >= 0.3 is 6.41 Å². The molecule has 63 valence electrons. The molecular weight excluding hydrogens is 150 g/mol. The minimum absolute atomic E-state index is 0.566. The van der Waals surface area contributed by atoms with Crippen molar-refractivity contribution in [3.63, 3.8) is 0 Å². The standard InChI is InChI=1S/C10H12NO/c1-8-4-3-5-10(9(8)2)6-11-7-12/h3-5H,6H2,1-2H3,(H,11,12). The zero-order valence-electron chi connectivity index (χ0n) is 7.35. The molecule has 0 aliphatic heterocycles. The van der Waals surface area contributed by atoms with Gasteiger partial charge in [-0.25, -0.2) is 0 Å². The van der Waals surface area contributed by atoms with E-state index in [0.29, 0.717) is 6.54 Å². The van der Waals surface area contributed by atoms with Crippen LogP contribution in [0.5, 0.6) is 0 Å². The zero-order chi connectivity index (χ0) is 8.97. The minimum Gasteiger partial charge on any atom is -0.344 e. The predicted molar refractivity (Wildman–Crippen MR) is 48.4 cm³/mol. The van der Waals surface area contributed by atoms with E-state index >= 15 is 0 Å². The van der Waals surface area contributed by atoms with Crippen molar-refractivity contribution in [1.82, 2.24) is 5.32 Å². The van der Waals surface area contributed by atoms with Gasteiger partial charge in [-0.3, -0.25) is 4.79 Å². The van der Waals surface area contributed by atoms with Crippen LogP contribution < -0.4 is 5.32 Å². The van der Waals surface area contributed by atoms with Gasteiger partial charge in [0.2, 0.25) is 0 Å². The number of carbonyl (C=O) groups excluding carboxylic acids is 1. The van der Waals surface area contributed by atoms with Gasteiger partial charge in [0.15, 0.2) is 0 Å². The molecule has 0 heterocycles. The minimum atomic E-state index is 0.566. The largest absolute Gasteiger partial charge is 0.344 e. The smallest absolute Gasteiger partial charge is 0.309 e. The van der Waals surface area contributed by atoms with Gasteiger partial charge in [0.25, 0.3) is 0 Å². The third-order valence-corrected chi connectivity index (χ3v) is 2.07. The number of nitrogens with one attached hydrogen (secondary N) is 1. The van der Waals surface area contributed by atoms with Crippen LogP contribution in [-0.4, -0.2) is 6.41 Å². The Morgan fingerprint density at radius 3 is 2.83 bits per heavy atom. The van der Waals surface area contributed by atoms with E-state index < -0.39 is 0 Å². The molecular formula is C10H12NO. The van der Waals surface area contributed by atoms with Crippen molar-refractivity contribution in [2.75, 3.05) is 0 Å². The summed E-state index contributed by atoms with van der Waals surface area (Å²) in [6, 6.07) is 6.06. The van der Waals surface area contributed by atoms with Crippen LogP contribution in [0.25, 0.3) is 0 Å². The first-order valence-corrected chi connectivity index (χ1v) is 3.91. The molecule has 1 aromatic carbocycles. The van der Waals surface area contributed by atoms with Gasteiger partial charge < -0.3 is 5.32 Å². The van der Waals surface area contributed by atoms with Crippen molar-refractivity contribution in [3.05, 3.63) is 34.9 Å². The molecule has 0 bridgehead atoms. The van der Waals surface area contributed by atoms with Gasteiger partial charge in [0.05, 0.1) is 0 Å². The van der Waals surface area contributed by atoms with E-state index in [4.69, 9.17) is 0 Å². The molecule has 12 heavy (non-hydrogen) atoms. The van der Waals surface area contributed by atoms with Crippen molar-refractivity contribution >= 4 is 6.41 Å². The molecule has 0 aliphatic rings. The SMILES string of the molecule is Cc1cccc(CN[C]=O)c1C. The maximum atomic E-state index is 9.94. The number of rotatable bonds is 3. The van der Waals surface area contributed by atoms with Crippen LogP contribution in [0.3, 0.4) is 0 Å². The van der Waals surface area contributed by atoms with Gasteiger partial charge in [0, 0.05) is 6.54 Å². The molecule has 0 unspecified atom stereocenters. The monoisotopic (exact) mass is 162 g/mol. The normalized spacial score (nSPS) is 9.50. The molecule has 1 radical (unpaired) electrons. The Hall–Kier alpha value is -1.31. The summed E-state index contributed by atoms with van der Waals surface area (Å²) < 4.78 is 0. The lowest BCUT2D eigenvalue weighted by Crippen LogP contribution is -2.10. The molecule has 0 aromatic heterocycles. The number of benzene rings is 1. The highest BCUT2D eigenvalue weighted by molar-refractivity contribution is 5.48. The quantitative estimate of drug-likeness (QED) is 0.670. The molecule has 1 N–H and O–H groups in total. The van der Waals surface area contributed by atoms with E-state index in [1.54, 1.807) is 6.41 Å². The number of amides is 1. The Bertz CT molecular complexity index is 281. The molecule has 1 amide bonds. The van der Waals surface area contributed by atoms with Gasteiger partial charge in [-0.15, -0.1) is 0 Å². The summed E-state index contributed by atoms with van der Waals surface area (Å²) in [5.74, 6) is 0. The first-order chi connectivity index (χ1) is 5.75. The first-order valence-electron chi connectivity index (χ1n) is 3.91. The van der Waals surface area contributed by atoms with Crippen LogP contribution in [0.4, 0.5) is 0 Å². The molecule has 0 fully saturated rings. The average Bonchev–Trinajstić information content (AvgIpc) is 2.08. The molecule has 0 aliphatic carbocycles. The lowest BCUT2D eigenvalue weighted by molar-refractivity contribution is 0.542. The highest BCUT2D eigenvalue weighted by atomic mass is 16.1. The maximum absolute atomic E-state index is 9.94. The Labute approximate surface area is 72.6 Å². The zero-order valence-corrected chi connectivity index (χ0v) is 7.35. The first kappa shape index (κ1) is 8.78. The van der Waals surface area contributed by atoms with Gasteiger partial charge in [-0.2, -0.15) is 0 Å². The van der Waals surface area contributed by atoms with Crippen LogP contribution in [0.15, 0.2) is 18.2 Å². The van der Waals surface area contributed by atoms with Crippen molar-refractivity contribution in [1.29, 1.82) is 0 Å². The number of hydrogen-bond donors (Lipinski definition) is 1. The van der Waals surface area contributed by atoms with Gasteiger partial charge in [0.1, 0.15) is 0 Å². The lowest BCUT2D eigenvalue weighted by atomic mass is 10.0. The second-order valence-corrected chi connectivity index (χ2v) is 2.81. The summed E-state index contributed by atoms with van der Waals surface area (Å²) >= 11 is 0. The maximum Gasteiger partial charge on any atom is 0.309 e. The highest BCUT2D eigenvalue weighted by Crippen LogP contribution is 2.11. The third-order valence-electron chi connectivity index (χ3n) is 2.07. The predicted octanol–water partition coefficient (Wildman–Crippen LogP) is 1.46. The van der Waals surface area contributed by atoms with E-state index in [0.717, 1.165) is 5.56 Å². The topological polar surface area (TPSA) is 29.1 Å². The van der Waals surface area contributed by atoms with Crippen LogP contribution >= 0.6 is 0 Å². The van der Waals surface area contributed by atoms with E-state index in [2.05, 4.69) is 25.2 Å². The molecule has 1 rings (SSSR count). The molecule has 0 saturated carbocycles. The summed E-state index contributed by atoms with van der Waals surface area (Å²) in [6.45, 7) is 4.68. The van der Waals surface area contributed by atoms with Crippen LogP contribution in [0.2, 0.25) is 0 Å². The van der Waals surface area contributed by atoms with E-state index in [-0.39, 0.29) is 0 Å². The summed E-state index contributed by atoms with van der Waals surface area (Å²) in [5.41, 5.74) is 3.64. The summed E-state index contributed by atoms with van der Waals surface area (Å²) in [4.78, 5) is 9.94. The number of hydrogen-bond acceptors (Lipinski definition) is 1. The van der Waals surface area contributed by atoms with E-state index in [1.807, 2.05) is 12.1 Å². The molecule has 0 atom stereocenters. The molecule has 1 aromatic rings. The van der Waals surface area contributed by atoms with Crippen molar-refractivity contribution < 1.29 is 4.79 Å². The van der Waals surface area contributed by atoms with Crippen molar-refractivity contribution in [3.8, 4) is 0 Å². The second-order valence-electron chi connectivity index (χ2n) is 2.81. The summed E-state index contributed by atoms with van der Waals surface area (Å²) in [7, 11) is 0. The van der Waals surface area contributed by atoms with Gasteiger partial charge in [-0.05, 0) is 30.5 Å². The molecule has 0 spiro atoms. The van der Waals surface area contributed by atoms with E-state index in [9.17, 15) is 4.79 Å². The fraction of sp³-hybridized carbons (Fsp3) is 0.300.